The summed E-state index contributed by atoms with van der Waals surface area (Å²) in [6.07, 6.45) is -0.745. The fraction of sp³-hybridized carbons (Fsp3) is 0.385. The number of rotatable bonds is 2. The number of carbonyl (C=O) groups is 2. The van der Waals surface area contributed by atoms with Crippen molar-refractivity contribution < 1.29 is 19.8 Å². The SMILES string of the molecule is Cc1c(Br)cccc1NC(=O)N1C[C@H](O)C[C@@H]1C(=O)O. The van der Waals surface area contributed by atoms with Crippen LogP contribution in [-0.4, -0.2) is 45.8 Å². The van der Waals surface area contributed by atoms with E-state index in [2.05, 4.69) is 21.2 Å². The number of hydrogen-bond acceptors (Lipinski definition) is 3. The third-order valence-corrected chi connectivity index (χ3v) is 4.19. The molecule has 2 amide bonds. The summed E-state index contributed by atoms with van der Waals surface area (Å²) in [5, 5.41) is 21.3. The summed E-state index contributed by atoms with van der Waals surface area (Å²) in [4.78, 5) is 24.4. The minimum Gasteiger partial charge on any atom is -0.480 e. The minimum absolute atomic E-state index is 0.0237. The van der Waals surface area contributed by atoms with Crippen molar-refractivity contribution in [1.82, 2.24) is 4.90 Å². The fourth-order valence-electron chi connectivity index (χ4n) is 2.20. The number of aliphatic hydroxyl groups excluding tert-OH is 1. The van der Waals surface area contributed by atoms with Gasteiger partial charge in [-0.05, 0) is 24.6 Å². The number of halogens is 1. The Bertz CT molecular complexity index is 549. The standard InChI is InChI=1S/C13H15BrN2O4/c1-7-9(14)3-2-4-10(7)15-13(20)16-6-8(17)5-11(16)12(18)19/h2-4,8,11,17H,5-6H2,1H3,(H,15,20)(H,18,19)/t8-,11-/m1/s1. The van der Waals surface area contributed by atoms with E-state index < -0.39 is 24.1 Å². The summed E-state index contributed by atoms with van der Waals surface area (Å²) in [6.45, 7) is 1.86. The first-order chi connectivity index (χ1) is 9.40. The summed E-state index contributed by atoms with van der Waals surface area (Å²) in [6, 6.07) is 3.86. The molecule has 1 aromatic carbocycles. The highest BCUT2D eigenvalue weighted by molar-refractivity contribution is 9.10. The number of benzene rings is 1. The lowest BCUT2D eigenvalue weighted by Crippen LogP contribution is -2.43. The maximum atomic E-state index is 12.2. The third kappa shape index (κ3) is 2.94. The number of aliphatic hydroxyl groups is 1. The van der Waals surface area contributed by atoms with Crippen LogP contribution >= 0.6 is 15.9 Å². The van der Waals surface area contributed by atoms with Crippen LogP contribution in [0.25, 0.3) is 0 Å². The summed E-state index contributed by atoms with van der Waals surface area (Å²) in [5.74, 6) is -1.11. The largest absolute Gasteiger partial charge is 0.480 e. The lowest BCUT2D eigenvalue weighted by molar-refractivity contribution is -0.141. The maximum Gasteiger partial charge on any atom is 0.326 e. The van der Waals surface area contributed by atoms with E-state index in [4.69, 9.17) is 5.11 Å². The molecule has 0 spiro atoms. The zero-order valence-electron chi connectivity index (χ0n) is 10.8. The first-order valence-corrected chi connectivity index (χ1v) is 6.93. The molecule has 6 nitrogen and oxygen atoms in total. The number of anilines is 1. The molecule has 1 saturated heterocycles. The number of urea groups is 1. The molecular weight excluding hydrogens is 328 g/mol. The lowest BCUT2D eigenvalue weighted by atomic mass is 10.2. The van der Waals surface area contributed by atoms with Crippen molar-refractivity contribution in [3.05, 3.63) is 28.2 Å². The first-order valence-electron chi connectivity index (χ1n) is 6.13. The van der Waals surface area contributed by atoms with Gasteiger partial charge in [-0.15, -0.1) is 0 Å². The van der Waals surface area contributed by atoms with E-state index in [-0.39, 0.29) is 13.0 Å². The second kappa shape index (κ2) is 5.80. The Labute approximate surface area is 124 Å². The number of amides is 2. The average Bonchev–Trinajstić information content (AvgIpc) is 2.77. The van der Waals surface area contributed by atoms with Crippen LogP contribution in [-0.2, 0) is 4.79 Å². The monoisotopic (exact) mass is 342 g/mol. The molecule has 1 aliphatic rings. The molecule has 0 bridgehead atoms. The molecule has 20 heavy (non-hydrogen) atoms. The molecule has 1 aromatic rings. The number of nitrogens with zero attached hydrogens (tertiary/aromatic N) is 1. The Kier molecular flexibility index (Phi) is 4.29. The van der Waals surface area contributed by atoms with E-state index in [1.54, 1.807) is 12.1 Å². The summed E-state index contributed by atoms with van der Waals surface area (Å²) >= 11 is 3.37. The van der Waals surface area contributed by atoms with Gasteiger partial charge in [0.05, 0.1) is 6.10 Å². The normalized spacial score (nSPS) is 21.9. The van der Waals surface area contributed by atoms with E-state index >= 15 is 0 Å². The number of carbonyl (C=O) groups excluding carboxylic acids is 1. The smallest absolute Gasteiger partial charge is 0.326 e. The molecule has 0 saturated carbocycles. The zero-order valence-corrected chi connectivity index (χ0v) is 12.4. The van der Waals surface area contributed by atoms with Crippen molar-refractivity contribution in [2.24, 2.45) is 0 Å². The number of carboxylic acids is 1. The van der Waals surface area contributed by atoms with Crippen LogP contribution in [0.3, 0.4) is 0 Å². The van der Waals surface area contributed by atoms with Crippen molar-refractivity contribution >= 4 is 33.6 Å². The van der Waals surface area contributed by atoms with Crippen molar-refractivity contribution in [3.63, 3.8) is 0 Å². The Morgan fingerprint density at radius 2 is 2.15 bits per heavy atom. The molecule has 0 radical (unpaired) electrons. The van der Waals surface area contributed by atoms with Crippen LogP contribution in [0.1, 0.15) is 12.0 Å². The Morgan fingerprint density at radius 3 is 2.80 bits per heavy atom. The molecule has 3 N–H and O–H groups in total. The van der Waals surface area contributed by atoms with Gasteiger partial charge in [0, 0.05) is 23.1 Å². The third-order valence-electron chi connectivity index (χ3n) is 3.33. The van der Waals surface area contributed by atoms with Crippen molar-refractivity contribution in [2.45, 2.75) is 25.5 Å². The second-order valence-corrected chi connectivity index (χ2v) is 5.59. The molecule has 2 rings (SSSR count). The Hall–Kier alpha value is -1.60. The van der Waals surface area contributed by atoms with Gasteiger partial charge in [0.15, 0.2) is 0 Å². The molecule has 2 atom stereocenters. The van der Waals surface area contributed by atoms with Gasteiger partial charge in [-0.2, -0.15) is 0 Å². The molecular formula is C13H15BrN2O4. The minimum atomic E-state index is -1.11. The number of β-amino-alcohol motifs (C(OH)–C–C–N with tert-alkyl or cyclic N) is 1. The first kappa shape index (κ1) is 14.8. The predicted octanol–water partition coefficient (Wildman–Crippen LogP) is 1.81. The summed E-state index contributed by atoms with van der Waals surface area (Å²) in [5.41, 5.74) is 1.46. The van der Waals surface area contributed by atoms with Crippen LogP contribution in [0.5, 0.6) is 0 Å². The topological polar surface area (TPSA) is 89.9 Å². The highest BCUT2D eigenvalue weighted by Gasteiger charge is 2.39. The predicted molar refractivity (Wildman–Crippen MR) is 76.7 cm³/mol. The Balaban J connectivity index is 2.15. The molecule has 1 fully saturated rings. The van der Waals surface area contributed by atoms with Crippen LogP contribution in [0.15, 0.2) is 22.7 Å². The summed E-state index contributed by atoms with van der Waals surface area (Å²) < 4.78 is 0.853. The van der Waals surface area contributed by atoms with E-state index in [0.717, 1.165) is 14.9 Å². The molecule has 1 aliphatic heterocycles. The Morgan fingerprint density at radius 1 is 1.45 bits per heavy atom. The molecule has 0 aliphatic carbocycles. The highest BCUT2D eigenvalue weighted by Crippen LogP contribution is 2.25. The van der Waals surface area contributed by atoms with E-state index in [1.807, 2.05) is 13.0 Å². The molecule has 7 heteroatoms. The van der Waals surface area contributed by atoms with E-state index in [0.29, 0.717) is 5.69 Å². The van der Waals surface area contributed by atoms with Gasteiger partial charge in [0.2, 0.25) is 0 Å². The van der Waals surface area contributed by atoms with Gasteiger partial charge in [0.25, 0.3) is 0 Å². The van der Waals surface area contributed by atoms with Crippen molar-refractivity contribution in [1.29, 1.82) is 0 Å². The van der Waals surface area contributed by atoms with Gasteiger partial charge in [0.1, 0.15) is 6.04 Å². The number of nitrogens with one attached hydrogen (secondary N) is 1. The number of aliphatic carboxylic acids is 1. The number of carboxylic acid groups (broad SMARTS) is 1. The van der Waals surface area contributed by atoms with Gasteiger partial charge >= 0.3 is 12.0 Å². The highest BCUT2D eigenvalue weighted by atomic mass is 79.9. The van der Waals surface area contributed by atoms with Crippen LogP contribution < -0.4 is 5.32 Å². The maximum absolute atomic E-state index is 12.2. The van der Waals surface area contributed by atoms with Crippen LogP contribution in [0.4, 0.5) is 10.5 Å². The quantitative estimate of drug-likeness (QED) is 0.764. The van der Waals surface area contributed by atoms with Crippen LogP contribution in [0.2, 0.25) is 0 Å². The van der Waals surface area contributed by atoms with Crippen molar-refractivity contribution in [3.8, 4) is 0 Å². The average molecular weight is 343 g/mol. The molecule has 0 unspecified atom stereocenters. The zero-order chi connectivity index (χ0) is 14.9. The summed E-state index contributed by atoms with van der Waals surface area (Å²) in [7, 11) is 0. The number of likely N-dealkylation sites (tertiary alicyclic amines) is 1. The van der Waals surface area contributed by atoms with Crippen LogP contribution in [0, 0.1) is 6.92 Å². The van der Waals surface area contributed by atoms with Gasteiger partial charge in [-0.3, -0.25) is 0 Å². The number of hydrogen-bond donors (Lipinski definition) is 3. The molecule has 0 aromatic heterocycles. The molecule has 108 valence electrons. The van der Waals surface area contributed by atoms with E-state index in [1.165, 1.54) is 0 Å². The fourth-order valence-corrected chi connectivity index (χ4v) is 2.57. The van der Waals surface area contributed by atoms with Crippen molar-refractivity contribution in [2.75, 3.05) is 11.9 Å². The van der Waals surface area contributed by atoms with Gasteiger partial charge < -0.3 is 20.4 Å². The second-order valence-electron chi connectivity index (χ2n) is 4.74. The van der Waals surface area contributed by atoms with Gasteiger partial charge in [-0.1, -0.05) is 22.0 Å². The van der Waals surface area contributed by atoms with E-state index in [9.17, 15) is 14.7 Å². The lowest BCUT2D eigenvalue weighted by Gasteiger charge is -2.22. The molecule has 1 heterocycles. The van der Waals surface area contributed by atoms with Gasteiger partial charge in [-0.25, -0.2) is 9.59 Å².